The Hall–Kier alpha value is -3.61. The van der Waals surface area contributed by atoms with Crippen molar-refractivity contribution in [3.8, 4) is 11.1 Å². The Morgan fingerprint density at radius 2 is 1.74 bits per heavy atom. The summed E-state index contributed by atoms with van der Waals surface area (Å²) >= 11 is 0. The fraction of sp³-hybridized carbons (Fsp3) is 0.370. The first-order valence-corrected chi connectivity index (χ1v) is 11.6. The molecule has 2 aliphatic rings. The maximum absolute atomic E-state index is 12.6. The molecule has 2 aromatic carbocycles. The fourth-order valence-electron chi connectivity index (χ4n) is 4.94. The summed E-state index contributed by atoms with van der Waals surface area (Å²) in [6.45, 7) is 6.33. The normalized spacial score (nSPS) is 16.6. The van der Waals surface area contributed by atoms with Crippen LogP contribution >= 0.6 is 0 Å². The smallest absolute Gasteiger partial charge is 0.407 e. The van der Waals surface area contributed by atoms with Crippen LogP contribution in [-0.2, 0) is 14.3 Å². The minimum absolute atomic E-state index is 0.00450. The molecule has 0 aromatic heterocycles. The van der Waals surface area contributed by atoms with Crippen LogP contribution in [0.15, 0.2) is 61.2 Å². The van der Waals surface area contributed by atoms with Crippen LogP contribution in [0.3, 0.4) is 0 Å². The van der Waals surface area contributed by atoms with Gasteiger partial charge in [-0.3, -0.25) is 9.59 Å². The summed E-state index contributed by atoms with van der Waals surface area (Å²) in [5.74, 6) is -1.34. The van der Waals surface area contributed by atoms with E-state index in [2.05, 4.69) is 36.2 Å². The van der Waals surface area contributed by atoms with Gasteiger partial charge in [0.1, 0.15) is 12.0 Å². The number of hydrogen-bond donors (Lipinski definition) is 2. The number of fused-ring (bicyclic) bond motifs is 3. The number of carbonyl (C=O) groups excluding carboxylic acids is 2. The van der Waals surface area contributed by atoms with Gasteiger partial charge in [-0.15, -0.1) is 6.58 Å². The van der Waals surface area contributed by atoms with Crippen LogP contribution in [0.4, 0.5) is 4.79 Å². The molecule has 2 N–H and O–H groups in total. The van der Waals surface area contributed by atoms with Gasteiger partial charge in [0, 0.05) is 31.5 Å². The van der Waals surface area contributed by atoms with Gasteiger partial charge in [-0.25, -0.2) is 4.79 Å². The Bertz CT molecular complexity index is 1060. The van der Waals surface area contributed by atoms with E-state index in [1.54, 1.807) is 17.9 Å². The zero-order valence-electron chi connectivity index (χ0n) is 19.3. The van der Waals surface area contributed by atoms with E-state index in [4.69, 9.17) is 4.74 Å². The molecule has 1 atom stereocenters. The second-order valence-corrected chi connectivity index (χ2v) is 9.21. The number of rotatable bonds is 9. The molecule has 2 aromatic rings. The van der Waals surface area contributed by atoms with Gasteiger partial charge >= 0.3 is 12.1 Å². The zero-order valence-corrected chi connectivity index (χ0v) is 19.3. The summed E-state index contributed by atoms with van der Waals surface area (Å²) in [5.41, 5.74) is 3.73. The average molecular weight is 463 g/mol. The Balaban J connectivity index is 1.23. The van der Waals surface area contributed by atoms with E-state index >= 15 is 0 Å². The van der Waals surface area contributed by atoms with Crippen molar-refractivity contribution >= 4 is 18.0 Å². The molecule has 34 heavy (non-hydrogen) atoms. The second-order valence-electron chi connectivity index (χ2n) is 9.21. The van der Waals surface area contributed by atoms with Gasteiger partial charge in [-0.05, 0) is 35.1 Å². The summed E-state index contributed by atoms with van der Waals surface area (Å²) in [6.07, 6.45) is 1.85. The number of carboxylic acids is 1. The van der Waals surface area contributed by atoms with Gasteiger partial charge in [0.25, 0.3) is 0 Å². The van der Waals surface area contributed by atoms with Crippen LogP contribution < -0.4 is 5.32 Å². The molecule has 2 amide bonds. The van der Waals surface area contributed by atoms with Crippen molar-refractivity contribution in [2.24, 2.45) is 11.3 Å². The second kappa shape index (κ2) is 9.71. The van der Waals surface area contributed by atoms with E-state index in [0.29, 0.717) is 19.4 Å². The first-order valence-electron chi connectivity index (χ1n) is 11.6. The van der Waals surface area contributed by atoms with Gasteiger partial charge < -0.3 is 20.1 Å². The number of amides is 2. The molecule has 1 unspecified atom stereocenters. The number of allylic oxidation sites excluding steroid dienone is 1. The van der Waals surface area contributed by atoms with Crippen molar-refractivity contribution in [3.63, 3.8) is 0 Å². The van der Waals surface area contributed by atoms with Crippen LogP contribution in [0.5, 0.6) is 0 Å². The molecule has 0 saturated carbocycles. The number of hydrogen-bond acceptors (Lipinski definition) is 4. The van der Waals surface area contributed by atoms with E-state index in [-0.39, 0.29) is 37.4 Å². The number of carbonyl (C=O) groups is 3. The van der Waals surface area contributed by atoms with Crippen LogP contribution in [0.25, 0.3) is 11.1 Å². The lowest BCUT2D eigenvalue weighted by Crippen LogP contribution is -2.62. The minimum atomic E-state index is -0.920. The van der Waals surface area contributed by atoms with Gasteiger partial charge in [-0.1, -0.05) is 61.5 Å². The molecule has 0 spiro atoms. The number of likely N-dealkylation sites (tertiary alicyclic amines) is 1. The third-order valence-electron chi connectivity index (χ3n) is 6.90. The monoisotopic (exact) mass is 462 g/mol. The maximum atomic E-state index is 12.6. The summed E-state index contributed by atoms with van der Waals surface area (Å²) < 4.78 is 5.52. The summed E-state index contributed by atoms with van der Waals surface area (Å²) in [5, 5.41) is 12.2. The fourth-order valence-corrected chi connectivity index (χ4v) is 4.94. The van der Waals surface area contributed by atoms with Crippen molar-refractivity contribution in [2.45, 2.75) is 25.7 Å². The van der Waals surface area contributed by atoms with E-state index in [1.165, 1.54) is 11.1 Å². The molecule has 4 rings (SSSR count). The number of aliphatic carboxylic acids is 1. The molecule has 1 saturated heterocycles. The first kappa shape index (κ1) is 23.5. The summed E-state index contributed by atoms with van der Waals surface area (Å²) in [7, 11) is 0. The highest BCUT2D eigenvalue weighted by molar-refractivity contribution is 5.85. The lowest BCUT2D eigenvalue weighted by Gasteiger charge is -2.47. The van der Waals surface area contributed by atoms with Crippen molar-refractivity contribution in [2.75, 3.05) is 26.2 Å². The first-order chi connectivity index (χ1) is 16.4. The Morgan fingerprint density at radius 3 is 2.29 bits per heavy atom. The number of nitrogens with one attached hydrogen (secondary N) is 1. The van der Waals surface area contributed by atoms with E-state index < -0.39 is 17.5 Å². The number of benzene rings is 2. The van der Waals surface area contributed by atoms with Gasteiger partial charge in [0.15, 0.2) is 0 Å². The Labute approximate surface area is 199 Å². The van der Waals surface area contributed by atoms with Gasteiger partial charge in [0.05, 0.1) is 0 Å². The molecule has 1 fully saturated rings. The molecule has 178 valence electrons. The van der Waals surface area contributed by atoms with E-state index in [1.807, 2.05) is 24.3 Å². The molecule has 0 radical (unpaired) electrons. The standard InChI is InChI=1S/C27H30N2O5/c1-3-13-27(25(31)32)16-29(17-27)24(30)18(2)12-14-28-26(33)34-15-23-21-10-6-4-8-19(21)20-9-5-7-11-22(20)23/h3-11,18,23H,1,12-17H2,2H3,(H,28,33)(H,31,32). The topological polar surface area (TPSA) is 95.9 Å². The van der Waals surface area contributed by atoms with Crippen molar-refractivity contribution in [1.29, 1.82) is 0 Å². The summed E-state index contributed by atoms with van der Waals surface area (Å²) in [4.78, 5) is 38.0. The Morgan fingerprint density at radius 1 is 1.15 bits per heavy atom. The number of nitrogens with zero attached hydrogens (tertiary/aromatic N) is 1. The molecular formula is C27H30N2O5. The highest BCUT2D eigenvalue weighted by Gasteiger charge is 2.50. The van der Waals surface area contributed by atoms with Crippen LogP contribution in [0.2, 0.25) is 0 Å². The zero-order chi connectivity index (χ0) is 24.3. The van der Waals surface area contributed by atoms with Crippen molar-refractivity contribution < 1.29 is 24.2 Å². The molecule has 0 bridgehead atoms. The maximum Gasteiger partial charge on any atom is 0.407 e. The van der Waals surface area contributed by atoms with Crippen LogP contribution in [0, 0.1) is 11.3 Å². The Kier molecular flexibility index (Phi) is 6.72. The largest absolute Gasteiger partial charge is 0.481 e. The third kappa shape index (κ3) is 4.42. The number of alkyl carbamates (subject to hydrolysis) is 1. The quantitative estimate of drug-likeness (QED) is 0.549. The van der Waals surface area contributed by atoms with E-state index in [0.717, 1.165) is 11.1 Å². The van der Waals surface area contributed by atoms with E-state index in [9.17, 15) is 19.5 Å². The predicted molar refractivity (Wildman–Crippen MR) is 128 cm³/mol. The minimum Gasteiger partial charge on any atom is -0.481 e. The highest BCUT2D eigenvalue weighted by Crippen LogP contribution is 2.44. The summed E-state index contributed by atoms with van der Waals surface area (Å²) in [6, 6.07) is 16.3. The molecule has 1 aliphatic heterocycles. The predicted octanol–water partition coefficient (Wildman–Crippen LogP) is 4.04. The molecule has 7 heteroatoms. The molecule has 7 nitrogen and oxygen atoms in total. The van der Waals surface area contributed by atoms with Crippen LogP contribution in [-0.4, -0.2) is 54.2 Å². The van der Waals surface area contributed by atoms with Gasteiger partial charge in [-0.2, -0.15) is 0 Å². The average Bonchev–Trinajstić information content (AvgIpc) is 3.13. The van der Waals surface area contributed by atoms with Gasteiger partial charge in [0.2, 0.25) is 5.91 Å². The lowest BCUT2D eigenvalue weighted by molar-refractivity contribution is -0.167. The highest BCUT2D eigenvalue weighted by atomic mass is 16.5. The van der Waals surface area contributed by atoms with Crippen molar-refractivity contribution in [3.05, 3.63) is 72.3 Å². The van der Waals surface area contributed by atoms with Crippen molar-refractivity contribution in [1.82, 2.24) is 10.2 Å². The third-order valence-corrected chi connectivity index (χ3v) is 6.90. The lowest BCUT2D eigenvalue weighted by atomic mass is 9.76. The number of carboxylic acid groups (broad SMARTS) is 1. The molecular weight excluding hydrogens is 432 g/mol. The van der Waals surface area contributed by atoms with Crippen LogP contribution in [0.1, 0.15) is 36.8 Å². The molecule has 1 heterocycles. The molecule has 1 aliphatic carbocycles. The number of ether oxygens (including phenoxy) is 1. The SMILES string of the molecule is C=CCC1(C(=O)O)CN(C(=O)C(C)CCNC(=O)OCC2c3ccccc3-c3ccccc32)C1.